The average molecular weight is 481 g/mol. The van der Waals surface area contributed by atoms with Crippen LogP contribution in [0.4, 0.5) is 0 Å². The van der Waals surface area contributed by atoms with E-state index in [9.17, 15) is 0 Å². The van der Waals surface area contributed by atoms with Crippen molar-refractivity contribution in [3.63, 3.8) is 0 Å². The third-order valence-electron chi connectivity index (χ3n) is 3.16. The predicted octanol–water partition coefficient (Wildman–Crippen LogP) is 9.09. The Labute approximate surface area is 213 Å². The van der Waals surface area contributed by atoms with Gasteiger partial charge in [-0.1, -0.05) is 119 Å². The summed E-state index contributed by atoms with van der Waals surface area (Å²) in [5.74, 6) is 1.84. The number of ether oxygens (including phenoxy) is 4. The zero-order chi connectivity index (χ0) is 27.0. The van der Waals surface area contributed by atoms with Gasteiger partial charge in [0, 0.05) is 0 Å². The molecule has 2 atom stereocenters. The normalized spacial score (nSPS) is 14.8. The monoisotopic (exact) mass is 480 g/mol. The van der Waals surface area contributed by atoms with E-state index in [2.05, 4.69) is 0 Å². The lowest BCUT2D eigenvalue weighted by atomic mass is 10.3. The Hall–Kier alpha value is -2.04. The highest BCUT2D eigenvalue weighted by Crippen LogP contribution is 2.14. The van der Waals surface area contributed by atoms with Crippen molar-refractivity contribution in [2.24, 2.45) is 0 Å². The van der Waals surface area contributed by atoms with Crippen molar-refractivity contribution in [1.82, 2.24) is 0 Å². The maximum atomic E-state index is 5.40. The summed E-state index contributed by atoms with van der Waals surface area (Å²) in [6, 6.07) is 19.6. The molecule has 2 saturated heterocycles. The van der Waals surface area contributed by atoms with Gasteiger partial charge < -0.3 is 18.9 Å². The summed E-state index contributed by atoms with van der Waals surface area (Å²) in [5.41, 5.74) is 0. The fourth-order valence-corrected chi connectivity index (χ4v) is 1.74. The van der Waals surface area contributed by atoms with Gasteiger partial charge in [0.25, 0.3) is 0 Å². The lowest BCUT2D eigenvalue weighted by Gasteiger charge is -2.01. The molecule has 0 amide bonds. The first-order valence-corrected chi connectivity index (χ1v) is 13.5. The van der Waals surface area contributed by atoms with Gasteiger partial charge in [-0.3, -0.25) is 0 Å². The summed E-state index contributed by atoms with van der Waals surface area (Å²) in [5, 5.41) is 0. The first kappa shape index (κ1) is 39.2. The maximum absolute atomic E-state index is 5.40. The Morgan fingerprint density at radius 3 is 0.941 bits per heavy atom. The maximum Gasteiger partial charge on any atom is 0.119 e. The summed E-state index contributed by atoms with van der Waals surface area (Å²) >= 11 is 0. The van der Waals surface area contributed by atoms with Crippen LogP contribution in [-0.4, -0.2) is 38.6 Å². The SMILES string of the molecule is CC.CC.CC.CC.CC.CC.c1ccc(OCC2CO2)cc1.c1ccc(OCC2CO2)cc1. The van der Waals surface area contributed by atoms with Crippen LogP contribution in [0.15, 0.2) is 60.7 Å². The van der Waals surface area contributed by atoms with E-state index in [1.165, 1.54) is 0 Å². The molecule has 2 unspecified atom stereocenters. The van der Waals surface area contributed by atoms with Gasteiger partial charge in [0.05, 0.1) is 13.2 Å². The van der Waals surface area contributed by atoms with Gasteiger partial charge in [0.1, 0.15) is 36.9 Å². The van der Waals surface area contributed by atoms with Gasteiger partial charge in [-0.25, -0.2) is 0 Å². The number of epoxide rings is 2. The molecule has 200 valence electrons. The summed E-state index contributed by atoms with van der Waals surface area (Å²) in [6.07, 6.45) is 0.686. The molecule has 0 bridgehead atoms. The van der Waals surface area contributed by atoms with Crippen molar-refractivity contribution >= 4 is 0 Å². The number of rotatable bonds is 6. The number of hydrogen-bond acceptors (Lipinski definition) is 4. The summed E-state index contributed by atoms with van der Waals surface area (Å²) in [6.45, 7) is 27.1. The zero-order valence-corrected chi connectivity index (χ0v) is 24.4. The highest BCUT2D eigenvalue weighted by Gasteiger charge is 2.23. The molecule has 2 aromatic carbocycles. The molecule has 2 heterocycles. The number of benzene rings is 2. The molecule has 2 aromatic rings. The Balaban J connectivity index is -0.000000185. The van der Waals surface area contributed by atoms with Crippen LogP contribution in [0.2, 0.25) is 0 Å². The summed E-state index contributed by atoms with van der Waals surface area (Å²) in [7, 11) is 0. The van der Waals surface area contributed by atoms with E-state index in [-0.39, 0.29) is 0 Å². The first-order chi connectivity index (χ1) is 16.9. The van der Waals surface area contributed by atoms with Crippen LogP contribution < -0.4 is 9.47 Å². The Morgan fingerprint density at radius 1 is 0.500 bits per heavy atom. The second kappa shape index (κ2) is 35.5. The number of para-hydroxylation sites is 2. The third-order valence-corrected chi connectivity index (χ3v) is 3.16. The minimum absolute atomic E-state index is 0.343. The minimum Gasteiger partial charge on any atom is -0.491 e. The van der Waals surface area contributed by atoms with E-state index in [4.69, 9.17) is 18.9 Å². The van der Waals surface area contributed by atoms with Crippen LogP contribution in [-0.2, 0) is 9.47 Å². The van der Waals surface area contributed by atoms with Crippen molar-refractivity contribution in [1.29, 1.82) is 0 Å². The topological polar surface area (TPSA) is 43.5 Å². The first-order valence-electron chi connectivity index (χ1n) is 13.5. The molecule has 4 rings (SSSR count). The lowest BCUT2D eigenvalue weighted by molar-refractivity contribution is 0.263. The molecule has 2 aliphatic heterocycles. The Bertz CT molecular complexity index is 487. The molecular formula is C30H56O4. The molecule has 0 N–H and O–H groups in total. The highest BCUT2D eigenvalue weighted by molar-refractivity contribution is 5.21. The van der Waals surface area contributed by atoms with Crippen LogP contribution in [0, 0.1) is 0 Å². The molecule has 0 spiro atoms. The molecular weight excluding hydrogens is 424 g/mol. The van der Waals surface area contributed by atoms with Crippen molar-refractivity contribution in [2.75, 3.05) is 26.4 Å². The molecule has 0 radical (unpaired) electrons. The fraction of sp³-hybridized carbons (Fsp3) is 0.600. The van der Waals surface area contributed by atoms with Crippen molar-refractivity contribution in [3.8, 4) is 11.5 Å². The van der Waals surface area contributed by atoms with Gasteiger partial charge in [0.2, 0.25) is 0 Å². The zero-order valence-electron chi connectivity index (χ0n) is 24.4. The van der Waals surface area contributed by atoms with Gasteiger partial charge in [0.15, 0.2) is 0 Å². The molecule has 4 nitrogen and oxygen atoms in total. The van der Waals surface area contributed by atoms with Crippen LogP contribution in [0.3, 0.4) is 0 Å². The van der Waals surface area contributed by atoms with E-state index >= 15 is 0 Å². The lowest BCUT2D eigenvalue weighted by Crippen LogP contribution is -2.03. The van der Waals surface area contributed by atoms with Gasteiger partial charge in [-0.2, -0.15) is 0 Å². The Kier molecular flexibility index (Phi) is 41.0. The molecule has 2 aliphatic rings. The largest absolute Gasteiger partial charge is 0.491 e. The average Bonchev–Trinajstić information content (AvgIpc) is 3.91. The second-order valence-corrected chi connectivity index (χ2v) is 5.16. The molecule has 0 saturated carbocycles. The van der Waals surface area contributed by atoms with E-state index in [1.807, 2.05) is 144 Å². The Morgan fingerprint density at radius 2 is 0.735 bits per heavy atom. The highest BCUT2D eigenvalue weighted by atomic mass is 16.6. The van der Waals surface area contributed by atoms with Crippen molar-refractivity contribution in [2.45, 2.75) is 95.3 Å². The van der Waals surface area contributed by atoms with Crippen LogP contribution in [0.25, 0.3) is 0 Å². The van der Waals surface area contributed by atoms with E-state index in [0.29, 0.717) is 25.4 Å². The predicted molar refractivity (Wildman–Crippen MR) is 151 cm³/mol. The van der Waals surface area contributed by atoms with Gasteiger partial charge >= 0.3 is 0 Å². The van der Waals surface area contributed by atoms with Gasteiger partial charge in [-0.15, -0.1) is 0 Å². The van der Waals surface area contributed by atoms with Gasteiger partial charge in [-0.05, 0) is 24.3 Å². The quantitative estimate of drug-likeness (QED) is 0.387. The standard InChI is InChI=1S/2C9H10O2.6C2H6/c2*1-2-4-8(5-3-1)10-6-9-7-11-9;6*1-2/h2*1-5,9H,6-7H2;6*1-2H3. The molecule has 0 aliphatic carbocycles. The number of hydrogen-bond donors (Lipinski definition) is 0. The van der Waals surface area contributed by atoms with Crippen molar-refractivity contribution < 1.29 is 18.9 Å². The van der Waals surface area contributed by atoms with E-state index < -0.39 is 0 Å². The molecule has 34 heavy (non-hydrogen) atoms. The van der Waals surface area contributed by atoms with E-state index in [1.54, 1.807) is 0 Å². The fourth-order valence-electron chi connectivity index (χ4n) is 1.74. The molecule has 0 aromatic heterocycles. The van der Waals surface area contributed by atoms with Crippen LogP contribution in [0.5, 0.6) is 11.5 Å². The van der Waals surface area contributed by atoms with Crippen molar-refractivity contribution in [3.05, 3.63) is 60.7 Å². The van der Waals surface area contributed by atoms with Crippen LogP contribution >= 0.6 is 0 Å². The van der Waals surface area contributed by atoms with E-state index in [0.717, 1.165) is 24.7 Å². The minimum atomic E-state index is 0.343. The third kappa shape index (κ3) is 28.0. The summed E-state index contributed by atoms with van der Waals surface area (Å²) in [4.78, 5) is 0. The molecule has 2 fully saturated rings. The van der Waals surface area contributed by atoms with Crippen LogP contribution in [0.1, 0.15) is 83.1 Å². The molecule has 4 heteroatoms. The second-order valence-electron chi connectivity index (χ2n) is 5.16. The summed E-state index contributed by atoms with van der Waals surface area (Å²) < 4.78 is 20.8. The smallest absolute Gasteiger partial charge is 0.119 e.